The molecule has 1 amide bonds. The molecule has 0 bridgehead atoms. The summed E-state index contributed by atoms with van der Waals surface area (Å²) in [5.74, 6) is 2.33. The second-order valence-corrected chi connectivity index (χ2v) is 8.16. The number of amides is 1. The number of benzene rings is 1. The summed E-state index contributed by atoms with van der Waals surface area (Å²) in [5.41, 5.74) is 0.820. The molecule has 1 fully saturated rings. The summed E-state index contributed by atoms with van der Waals surface area (Å²) in [6.07, 6.45) is 9.27. The van der Waals surface area contributed by atoms with Crippen molar-refractivity contribution in [2.24, 2.45) is 5.92 Å². The number of rotatable bonds is 6. The van der Waals surface area contributed by atoms with Gasteiger partial charge < -0.3 is 14.6 Å². The number of aromatic nitrogens is 2. The fraction of sp³-hybridized carbons (Fsp3) is 0.524. The van der Waals surface area contributed by atoms with Gasteiger partial charge in [0, 0.05) is 30.0 Å². The van der Waals surface area contributed by atoms with Crippen molar-refractivity contribution in [3.05, 3.63) is 36.7 Å². The number of ether oxygens (including phenoxy) is 1. The van der Waals surface area contributed by atoms with Gasteiger partial charge in [-0.05, 0) is 63.8 Å². The van der Waals surface area contributed by atoms with Crippen LogP contribution in [0.1, 0.15) is 46.5 Å². The van der Waals surface area contributed by atoms with E-state index in [2.05, 4.69) is 21.1 Å². The van der Waals surface area contributed by atoms with Crippen molar-refractivity contribution in [2.45, 2.75) is 58.5 Å². The molecule has 5 nitrogen and oxygen atoms in total. The molecule has 1 aromatic heterocycles. The van der Waals surface area contributed by atoms with Gasteiger partial charge in [-0.25, -0.2) is 4.98 Å². The summed E-state index contributed by atoms with van der Waals surface area (Å²) in [7, 11) is 0. The number of carbonyl (C=O) groups excluding carboxylic acids is 1. The average molecular weight is 355 g/mol. The van der Waals surface area contributed by atoms with E-state index in [1.165, 1.54) is 25.7 Å². The lowest BCUT2D eigenvalue weighted by atomic mass is 10.1. The van der Waals surface area contributed by atoms with Crippen LogP contribution < -0.4 is 10.1 Å². The van der Waals surface area contributed by atoms with Crippen molar-refractivity contribution in [1.82, 2.24) is 14.9 Å². The monoisotopic (exact) mass is 355 g/mol. The molecular weight excluding hydrogens is 326 g/mol. The van der Waals surface area contributed by atoms with Gasteiger partial charge in [-0.1, -0.05) is 12.8 Å². The Kier molecular flexibility index (Phi) is 5.64. The van der Waals surface area contributed by atoms with Crippen LogP contribution in [0.25, 0.3) is 11.4 Å². The molecule has 0 aliphatic heterocycles. The normalized spacial score (nSPS) is 15.2. The standard InChI is InChI=1S/C21H29N3O2/c1-21(2,3)23-19(25)15-26-18-10-8-17(9-11-18)20-22-12-13-24(20)14-16-6-4-5-7-16/h8-13,16H,4-7,14-15H2,1-3H3,(H,23,25). The molecule has 0 saturated heterocycles. The molecule has 0 atom stereocenters. The smallest absolute Gasteiger partial charge is 0.258 e. The van der Waals surface area contributed by atoms with Gasteiger partial charge in [0.1, 0.15) is 11.6 Å². The van der Waals surface area contributed by atoms with Gasteiger partial charge >= 0.3 is 0 Å². The Morgan fingerprint density at radius 1 is 1.23 bits per heavy atom. The first kappa shape index (κ1) is 18.5. The minimum Gasteiger partial charge on any atom is -0.484 e. The van der Waals surface area contributed by atoms with E-state index in [1.54, 1.807) is 0 Å². The molecule has 1 aliphatic carbocycles. The second-order valence-electron chi connectivity index (χ2n) is 8.16. The minimum atomic E-state index is -0.249. The van der Waals surface area contributed by atoms with Crippen LogP contribution in [0.5, 0.6) is 5.75 Å². The van der Waals surface area contributed by atoms with Crippen LogP contribution in [-0.4, -0.2) is 27.6 Å². The lowest BCUT2D eigenvalue weighted by Crippen LogP contribution is -2.43. The average Bonchev–Trinajstić information content (AvgIpc) is 3.24. The first-order valence-corrected chi connectivity index (χ1v) is 9.46. The largest absolute Gasteiger partial charge is 0.484 e. The predicted molar refractivity (Wildman–Crippen MR) is 103 cm³/mol. The van der Waals surface area contributed by atoms with Gasteiger partial charge in [0.2, 0.25) is 0 Å². The fourth-order valence-corrected chi connectivity index (χ4v) is 3.49. The van der Waals surface area contributed by atoms with E-state index in [9.17, 15) is 4.79 Å². The molecule has 0 unspecified atom stereocenters. The van der Waals surface area contributed by atoms with Gasteiger partial charge in [-0.2, -0.15) is 0 Å². The number of hydrogen-bond donors (Lipinski definition) is 1. The number of nitrogens with one attached hydrogen (secondary N) is 1. The van der Waals surface area contributed by atoms with Crippen molar-refractivity contribution in [3.63, 3.8) is 0 Å². The summed E-state index contributed by atoms with van der Waals surface area (Å²) in [4.78, 5) is 16.4. The highest BCUT2D eigenvalue weighted by molar-refractivity contribution is 5.78. The molecule has 1 saturated carbocycles. The highest BCUT2D eigenvalue weighted by Crippen LogP contribution is 2.28. The van der Waals surface area contributed by atoms with Crippen LogP contribution in [0.3, 0.4) is 0 Å². The van der Waals surface area contributed by atoms with Crippen molar-refractivity contribution in [1.29, 1.82) is 0 Å². The van der Waals surface area contributed by atoms with E-state index in [0.29, 0.717) is 5.75 Å². The Bertz CT molecular complexity index is 722. The van der Waals surface area contributed by atoms with Crippen LogP contribution in [-0.2, 0) is 11.3 Å². The third kappa shape index (κ3) is 5.10. The van der Waals surface area contributed by atoms with Crippen LogP contribution in [0.15, 0.2) is 36.7 Å². The Labute approximate surface area is 155 Å². The van der Waals surface area contributed by atoms with E-state index in [0.717, 1.165) is 23.9 Å². The quantitative estimate of drug-likeness (QED) is 0.851. The number of carbonyl (C=O) groups is 1. The summed E-state index contributed by atoms with van der Waals surface area (Å²) < 4.78 is 7.84. The second kappa shape index (κ2) is 7.94. The maximum absolute atomic E-state index is 11.8. The van der Waals surface area contributed by atoms with Gasteiger partial charge in [-0.15, -0.1) is 0 Å². The van der Waals surface area contributed by atoms with Crippen LogP contribution in [0.2, 0.25) is 0 Å². The lowest BCUT2D eigenvalue weighted by molar-refractivity contribution is -0.124. The van der Waals surface area contributed by atoms with Crippen molar-refractivity contribution < 1.29 is 9.53 Å². The number of hydrogen-bond acceptors (Lipinski definition) is 3. The maximum Gasteiger partial charge on any atom is 0.258 e. The van der Waals surface area contributed by atoms with Gasteiger partial charge in [0.25, 0.3) is 5.91 Å². The molecule has 0 spiro atoms. The Balaban J connectivity index is 1.59. The van der Waals surface area contributed by atoms with Crippen LogP contribution >= 0.6 is 0 Å². The van der Waals surface area contributed by atoms with Crippen LogP contribution in [0.4, 0.5) is 0 Å². The van der Waals surface area contributed by atoms with Gasteiger partial charge in [-0.3, -0.25) is 4.79 Å². The number of nitrogens with zero attached hydrogens (tertiary/aromatic N) is 2. The Hall–Kier alpha value is -2.30. The van der Waals surface area contributed by atoms with Crippen molar-refractivity contribution in [2.75, 3.05) is 6.61 Å². The van der Waals surface area contributed by atoms with Crippen molar-refractivity contribution in [3.8, 4) is 17.1 Å². The molecule has 5 heteroatoms. The molecule has 140 valence electrons. The van der Waals surface area contributed by atoms with Crippen LogP contribution in [0, 0.1) is 5.92 Å². The molecule has 1 aromatic carbocycles. The highest BCUT2D eigenvalue weighted by Gasteiger charge is 2.17. The van der Waals surface area contributed by atoms with E-state index in [4.69, 9.17) is 4.74 Å². The van der Waals surface area contributed by atoms with E-state index in [-0.39, 0.29) is 18.1 Å². The maximum atomic E-state index is 11.8. The summed E-state index contributed by atoms with van der Waals surface area (Å²) in [6.45, 7) is 6.92. The fourth-order valence-electron chi connectivity index (χ4n) is 3.49. The SMILES string of the molecule is CC(C)(C)NC(=O)COc1ccc(-c2nccn2CC2CCCC2)cc1. The zero-order chi connectivity index (χ0) is 18.6. The lowest BCUT2D eigenvalue weighted by Gasteiger charge is -2.20. The van der Waals surface area contributed by atoms with E-state index in [1.807, 2.05) is 51.2 Å². The zero-order valence-electron chi connectivity index (χ0n) is 16.0. The first-order valence-electron chi connectivity index (χ1n) is 9.46. The predicted octanol–water partition coefficient (Wildman–Crippen LogP) is 4.03. The molecule has 26 heavy (non-hydrogen) atoms. The molecule has 2 aromatic rings. The molecule has 0 radical (unpaired) electrons. The summed E-state index contributed by atoms with van der Waals surface area (Å²) in [6, 6.07) is 7.80. The van der Waals surface area contributed by atoms with E-state index < -0.39 is 0 Å². The third-order valence-electron chi connectivity index (χ3n) is 4.64. The third-order valence-corrected chi connectivity index (χ3v) is 4.64. The molecule has 1 heterocycles. The molecule has 3 rings (SSSR count). The molecule has 1 N–H and O–H groups in total. The zero-order valence-corrected chi connectivity index (χ0v) is 16.0. The van der Waals surface area contributed by atoms with Crippen molar-refractivity contribution >= 4 is 5.91 Å². The van der Waals surface area contributed by atoms with E-state index >= 15 is 0 Å². The first-order chi connectivity index (χ1) is 12.4. The Morgan fingerprint density at radius 3 is 2.58 bits per heavy atom. The molecular formula is C21H29N3O2. The minimum absolute atomic E-state index is 0.0208. The molecule has 1 aliphatic rings. The highest BCUT2D eigenvalue weighted by atomic mass is 16.5. The topological polar surface area (TPSA) is 56.1 Å². The number of imidazole rings is 1. The summed E-state index contributed by atoms with van der Waals surface area (Å²) >= 11 is 0. The summed E-state index contributed by atoms with van der Waals surface area (Å²) in [5, 5.41) is 2.89. The van der Waals surface area contributed by atoms with Gasteiger partial charge in [0.05, 0.1) is 0 Å². The van der Waals surface area contributed by atoms with Gasteiger partial charge in [0.15, 0.2) is 6.61 Å². The Morgan fingerprint density at radius 2 is 1.92 bits per heavy atom.